The van der Waals surface area contributed by atoms with E-state index in [0.29, 0.717) is 26.1 Å². The fourth-order valence-corrected chi connectivity index (χ4v) is 2.48. The minimum Gasteiger partial charge on any atom is -0.481 e. The standard InChI is InChI=1S/C12H20N2O4/c15-11-6-13-9(3-4-12(16)17)7-14(11)8-10-2-1-5-18-10/h9-10,13H,1-8H2,(H,16,17). The number of carbonyl (C=O) groups is 2. The van der Waals surface area contributed by atoms with Gasteiger partial charge in [-0.25, -0.2) is 0 Å². The second-order valence-corrected chi connectivity index (χ2v) is 4.94. The van der Waals surface area contributed by atoms with Gasteiger partial charge in [-0.1, -0.05) is 0 Å². The Hall–Kier alpha value is -1.14. The van der Waals surface area contributed by atoms with E-state index in [1.54, 1.807) is 4.90 Å². The van der Waals surface area contributed by atoms with Crippen LogP contribution in [0.2, 0.25) is 0 Å². The predicted octanol–water partition coefficient (Wildman–Crippen LogP) is -0.169. The van der Waals surface area contributed by atoms with E-state index in [-0.39, 0.29) is 24.5 Å². The van der Waals surface area contributed by atoms with Crippen LogP contribution >= 0.6 is 0 Å². The van der Waals surface area contributed by atoms with Crippen LogP contribution < -0.4 is 5.32 Å². The zero-order chi connectivity index (χ0) is 13.0. The molecule has 2 aliphatic rings. The maximum absolute atomic E-state index is 11.8. The molecule has 0 aromatic heterocycles. The number of ether oxygens (including phenoxy) is 1. The first kappa shape index (κ1) is 13.3. The molecule has 6 nitrogen and oxygen atoms in total. The Labute approximate surface area is 106 Å². The Morgan fingerprint density at radius 2 is 2.39 bits per heavy atom. The number of rotatable bonds is 5. The van der Waals surface area contributed by atoms with Crippen molar-refractivity contribution in [1.82, 2.24) is 10.2 Å². The number of nitrogens with zero attached hydrogens (tertiary/aromatic N) is 1. The topological polar surface area (TPSA) is 78.9 Å². The molecule has 0 radical (unpaired) electrons. The molecule has 0 spiro atoms. The van der Waals surface area contributed by atoms with Gasteiger partial charge >= 0.3 is 5.97 Å². The summed E-state index contributed by atoms with van der Waals surface area (Å²) in [7, 11) is 0. The van der Waals surface area contributed by atoms with Gasteiger partial charge in [-0.3, -0.25) is 9.59 Å². The summed E-state index contributed by atoms with van der Waals surface area (Å²) in [4.78, 5) is 24.1. The van der Waals surface area contributed by atoms with Crippen molar-refractivity contribution in [2.45, 2.75) is 37.8 Å². The van der Waals surface area contributed by atoms with Gasteiger partial charge in [0.25, 0.3) is 0 Å². The lowest BCUT2D eigenvalue weighted by Gasteiger charge is -2.34. The van der Waals surface area contributed by atoms with Gasteiger partial charge in [0, 0.05) is 32.2 Å². The molecule has 2 aliphatic heterocycles. The van der Waals surface area contributed by atoms with Crippen LogP contribution in [0.1, 0.15) is 25.7 Å². The molecule has 6 heteroatoms. The highest BCUT2D eigenvalue weighted by atomic mass is 16.5. The Balaban J connectivity index is 1.80. The number of carboxylic acids is 1. The maximum atomic E-state index is 11.8. The summed E-state index contributed by atoms with van der Waals surface area (Å²) in [5.74, 6) is -0.712. The van der Waals surface area contributed by atoms with Gasteiger partial charge in [0.05, 0.1) is 12.6 Å². The van der Waals surface area contributed by atoms with Crippen molar-refractivity contribution < 1.29 is 19.4 Å². The molecule has 1 amide bonds. The molecule has 2 heterocycles. The van der Waals surface area contributed by atoms with Crippen molar-refractivity contribution in [3.8, 4) is 0 Å². The summed E-state index contributed by atoms with van der Waals surface area (Å²) in [5, 5.41) is 11.7. The smallest absolute Gasteiger partial charge is 0.303 e. The first-order valence-electron chi connectivity index (χ1n) is 6.49. The molecule has 2 rings (SSSR count). The Kier molecular flexibility index (Phi) is 4.54. The summed E-state index contributed by atoms with van der Waals surface area (Å²) in [5.41, 5.74) is 0. The molecule has 2 unspecified atom stereocenters. The molecule has 0 bridgehead atoms. The highest BCUT2D eigenvalue weighted by Crippen LogP contribution is 2.15. The van der Waals surface area contributed by atoms with E-state index in [9.17, 15) is 9.59 Å². The van der Waals surface area contributed by atoms with Gasteiger partial charge in [-0.05, 0) is 19.3 Å². The van der Waals surface area contributed by atoms with E-state index in [0.717, 1.165) is 19.4 Å². The third-order valence-corrected chi connectivity index (χ3v) is 3.49. The van der Waals surface area contributed by atoms with Crippen molar-refractivity contribution in [1.29, 1.82) is 0 Å². The van der Waals surface area contributed by atoms with Gasteiger partial charge in [-0.2, -0.15) is 0 Å². The van der Waals surface area contributed by atoms with Crippen LogP contribution in [0.15, 0.2) is 0 Å². The van der Waals surface area contributed by atoms with Crippen LogP contribution in [0, 0.1) is 0 Å². The Morgan fingerprint density at radius 1 is 1.56 bits per heavy atom. The number of carboxylic acid groups (broad SMARTS) is 1. The van der Waals surface area contributed by atoms with Gasteiger partial charge in [0.15, 0.2) is 0 Å². The number of nitrogens with one attached hydrogen (secondary N) is 1. The van der Waals surface area contributed by atoms with Crippen molar-refractivity contribution in [3.63, 3.8) is 0 Å². The van der Waals surface area contributed by atoms with Gasteiger partial charge < -0.3 is 20.1 Å². The van der Waals surface area contributed by atoms with E-state index in [1.165, 1.54) is 0 Å². The molecule has 0 aromatic rings. The molecular formula is C12H20N2O4. The minimum atomic E-state index is -0.792. The fourth-order valence-electron chi connectivity index (χ4n) is 2.48. The molecule has 18 heavy (non-hydrogen) atoms. The first-order valence-corrected chi connectivity index (χ1v) is 6.49. The average Bonchev–Trinajstić information content (AvgIpc) is 2.83. The lowest BCUT2D eigenvalue weighted by atomic mass is 10.1. The number of hydrogen-bond donors (Lipinski definition) is 2. The minimum absolute atomic E-state index is 0.0806. The number of piperazine rings is 1. The highest BCUT2D eigenvalue weighted by Gasteiger charge is 2.28. The maximum Gasteiger partial charge on any atom is 0.303 e. The molecular weight excluding hydrogens is 236 g/mol. The Bertz CT molecular complexity index is 315. The summed E-state index contributed by atoms with van der Waals surface area (Å²) < 4.78 is 5.53. The van der Waals surface area contributed by atoms with Gasteiger partial charge in [-0.15, -0.1) is 0 Å². The van der Waals surface area contributed by atoms with Gasteiger partial charge in [0.2, 0.25) is 5.91 Å². The third-order valence-electron chi connectivity index (χ3n) is 3.49. The molecule has 0 saturated carbocycles. The summed E-state index contributed by atoms with van der Waals surface area (Å²) in [6.45, 7) is 2.32. The van der Waals surface area contributed by atoms with Crippen molar-refractivity contribution in [3.05, 3.63) is 0 Å². The largest absolute Gasteiger partial charge is 0.481 e. The van der Waals surface area contributed by atoms with Crippen molar-refractivity contribution in [2.75, 3.05) is 26.2 Å². The van der Waals surface area contributed by atoms with E-state index in [4.69, 9.17) is 9.84 Å². The second kappa shape index (κ2) is 6.15. The summed E-state index contributed by atoms with van der Waals surface area (Å²) in [6, 6.07) is 0.0835. The molecule has 102 valence electrons. The van der Waals surface area contributed by atoms with Crippen LogP contribution in [0.5, 0.6) is 0 Å². The lowest BCUT2D eigenvalue weighted by Crippen LogP contribution is -2.55. The number of amides is 1. The van der Waals surface area contributed by atoms with Crippen LogP contribution in [0.25, 0.3) is 0 Å². The monoisotopic (exact) mass is 256 g/mol. The normalized spacial score (nSPS) is 28.7. The summed E-state index contributed by atoms with van der Waals surface area (Å²) >= 11 is 0. The predicted molar refractivity (Wildman–Crippen MR) is 64.2 cm³/mol. The van der Waals surface area contributed by atoms with Crippen molar-refractivity contribution in [2.24, 2.45) is 0 Å². The van der Waals surface area contributed by atoms with Crippen LogP contribution in [0.4, 0.5) is 0 Å². The molecule has 2 atom stereocenters. The van der Waals surface area contributed by atoms with Crippen LogP contribution in [0.3, 0.4) is 0 Å². The second-order valence-electron chi connectivity index (χ2n) is 4.94. The molecule has 2 N–H and O–H groups in total. The highest BCUT2D eigenvalue weighted by molar-refractivity contribution is 5.79. The molecule has 2 fully saturated rings. The molecule has 2 saturated heterocycles. The van der Waals surface area contributed by atoms with Crippen molar-refractivity contribution >= 4 is 11.9 Å². The van der Waals surface area contributed by atoms with Crippen LogP contribution in [-0.2, 0) is 14.3 Å². The quantitative estimate of drug-likeness (QED) is 0.714. The lowest BCUT2D eigenvalue weighted by molar-refractivity contribution is -0.137. The molecule has 0 aromatic carbocycles. The van der Waals surface area contributed by atoms with E-state index >= 15 is 0 Å². The van der Waals surface area contributed by atoms with E-state index in [1.807, 2.05) is 0 Å². The van der Waals surface area contributed by atoms with Gasteiger partial charge in [0.1, 0.15) is 0 Å². The first-order chi connectivity index (χ1) is 8.65. The summed E-state index contributed by atoms with van der Waals surface area (Å²) in [6.07, 6.45) is 2.93. The molecule has 0 aliphatic carbocycles. The van der Waals surface area contributed by atoms with Crippen LogP contribution in [-0.4, -0.2) is 60.3 Å². The third kappa shape index (κ3) is 3.68. The number of hydrogen-bond acceptors (Lipinski definition) is 4. The SMILES string of the molecule is O=C(O)CCC1CN(CC2CCCO2)C(=O)CN1. The average molecular weight is 256 g/mol. The fraction of sp³-hybridized carbons (Fsp3) is 0.833. The number of aliphatic carboxylic acids is 1. The zero-order valence-corrected chi connectivity index (χ0v) is 10.4. The zero-order valence-electron chi connectivity index (χ0n) is 10.4. The number of carbonyl (C=O) groups excluding carboxylic acids is 1. The van der Waals surface area contributed by atoms with E-state index < -0.39 is 5.97 Å². The van der Waals surface area contributed by atoms with E-state index in [2.05, 4.69) is 5.32 Å². The Morgan fingerprint density at radius 3 is 3.06 bits per heavy atom.